The first-order valence-corrected chi connectivity index (χ1v) is 7.81. The maximum Gasteiger partial charge on any atom is 0.0606 e. The third-order valence-electron chi connectivity index (χ3n) is 3.07. The van der Waals surface area contributed by atoms with E-state index >= 15 is 0 Å². The molecule has 1 N–H and O–H groups in total. The van der Waals surface area contributed by atoms with Crippen molar-refractivity contribution in [3.8, 4) is 0 Å². The van der Waals surface area contributed by atoms with E-state index in [2.05, 4.69) is 68.1 Å². The van der Waals surface area contributed by atoms with Crippen molar-refractivity contribution in [3.63, 3.8) is 0 Å². The van der Waals surface area contributed by atoms with E-state index < -0.39 is 0 Å². The number of hydrogen-bond acceptors (Lipinski definition) is 2. The van der Waals surface area contributed by atoms with Crippen LogP contribution in [0.5, 0.6) is 0 Å². The average molecular weight is 384 g/mol. The summed E-state index contributed by atoms with van der Waals surface area (Å²) in [6.07, 6.45) is 3.77. The third kappa shape index (κ3) is 3.44. The van der Waals surface area contributed by atoms with Crippen LogP contribution in [0.15, 0.2) is 45.6 Å². The van der Waals surface area contributed by atoms with Crippen LogP contribution in [0, 0.1) is 6.92 Å². The minimum atomic E-state index is 0.144. The number of rotatable bonds is 4. The average Bonchev–Trinajstić information content (AvgIpc) is 2.40. The Morgan fingerprint density at radius 3 is 2.68 bits per heavy atom. The summed E-state index contributed by atoms with van der Waals surface area (Å²) in [5.41, 5.74) is 3.67. The Balaban J connectivity index is 2.51. The van der Waals surface area contributed by atoms with Crippen molar-refractivity contribution in [1.82, 2.24) is 10.3 Å². The molecule has 0 bridgehead atoms. The van der Waals surface area contributed by atoms with Gasteiger partial charge >= 0.3 is 0 Å². The van der Waals surface area contributed by atoms with Crippen LogP contribution in [0.25, 0.3) is 0 Å². The van der Waals surface area contributed by atoms with Gasteiger partial charge in [0.05, 0.1) is 6.04 Å². The van der Waals surface area contributed by atoms with E-state index in [1.807, 2.05) is 24.5 Å². The molecular formula is C15H16Br2N2. The molecule has 0 saturated carbocycles. The number of hydrogen-bond donors (Lipinski definition) is 1. The Hall–Kier alpha value is -0.710. The quantitative estimate of drug-likeness (QED) is 0.833. The van der Waals surface area contributed by atoms with E-state index in [0.29, 0.717) is 0 Å². The Morgan fingerprint density at radius 1 is 1.21 bits per heavy atom. The second kappa shape index (κ2) is 6.64. The summed E-state index contributed by atoms with van der Waals surface area (Å²) < 4.78 is 2.18. The fraction of sp³-hybridized carbons (Fsp3) is 0.267. The summed E-state index contributed by atoms with van der Waals surface area (Å²) in [5, 5.41) is 3.53. The molecule has 0 saturated heterocycles. The number of nitrogens with one attached hydrogen (secondary N) is 1. The summed E-state index contributed by atoms with van der Waals surface area (Å²) >= 11 is 7.18. The molecule has 2 aromatic rings. The normalized spacial score (nSPS) is 12.4. The molecule has 19 heavy (non-hydrogen) atoms. The molecular weight excluding hydrogens is 368 g/mol. The van der Waals surface area contributed by atoms with Crippen LogP contribution < -0.4 is 5.32 Å². The van der Waals surface area contributed by atoms with E-state index in [4.69, 9.17) is 0 Å². The Kier molecular flexibility index (Phi) is 5.13. The highest BCUT2D eigenvalue weighted by Gasteiger charge is 2.18. The topological polar surface area (TPSA) is 24.9 Å². The zero-order chi connectivity index (χ0) is 13.8. The maximum atomic E-state index is 4.26. The van der Waals surface area contributed by atoms with Gasteiger partial charge in [-0.3, -0.25) is 4.98 Å². The van der Waals surface area contributed by atoms with Crippen LogP contribution in [0.4, 0.5) is 0 Å². The van der Waals surface area contributed by atoms with Gasteiger partial charge in [-0.2, -0.15) is 0 Å². The van der Waals surface area contributed by atoms with Crippen molar-refractivity contribution in [2.24, 2.45) is 0 Å². The Bertz CT molecular complexity index is 570. The molecule has 1 atom stereocenters. The number of nitrogens with zero attached hydrogens (tertiary/aromatic N) is 1. The zero-order valence-electron chi connectivity index (χ0n) is 11.0. The van der Waals surface area contributed by atoms with E-state index in [1.54, 1.807) is 0 Å². The largest absolute Gasteiger partial charge is 0.306 e. The molecule has 4 heteroatoms. The van der Waals surface area contributed by atoms with Gasteiger partial charge in [0.25, 0.3) is 0 Å². The molecule has 1 aromatic carbocycles. The summed E-state index contributed by atoms with van der Waals surface area (Å²) in [7, 11) is 0. The molecule has 1 heterocycles. The molecule has 0 fully saturated rings. The first-order valence-electron chi connectivity index (χ1n) is 6.22. The van der Waals surface area contributed by atoms with E-state index in [9.17, 15) is 0 Å². The minimum absolute atomic E-state index is 0.144. The SMILES string of the molecule is CCNC(c1cnccc1C)c1cc(Br)ccc1Br. The van der Waals surface area contributed by atoms with Crippen molar-refractivity contribution in [3.05, 3.63) is 62.3 Å². The van der Waals surface area contributed by atoms with Crippen LogP contribution in [0.3, 0.4) is 0 Å². The highest BCUT2D eigenvalue weighted by molar-refractivity contribution is 9.11. The molecule has 1 unspecified atom stereocenters. The lowest BCUT2D eigenvalue weighted by molar-refractivity contribution is 0.623. The van der Waals surface area contributed by atoms with Crippen molar-refractivity contribution < 1.29 is 0 Å². The van der Waals surface area contributed by atoms with Gasteiger partial charge in [0.2, 0.25) is 0 Å². The predicted molar refractivity (Wildman–Crippen MR) is 86.3 cm³/mol. The molecule has 100 valence electrons. The van der Waals surface area contributed by atoms with Crippen LogP contribution in [-0.4, -0.2) is 11.5 Å². The maximum absolute atomic E-state index is 4.26. The minimum Gasteiger partial charge on any atom is -0.306 e. The zero-order valence-corrected chi connectivity index (χ0v) is 14.1. The van der Waals surface area contributed by atoms with Gasteiger partial charge in [-0.15, -0.1) is 0 Å². The lowest BCUT2D eigenvalue weighted by Gasteiger charge is -2.22. The van der Waals surface area contributed by atoms with Gasteiger partial charge in [-0.1, -0.05) is 38.8 Å². The van der Waals surface area contributed by atoms with Gasteiger partial charge in [0, 0.05) is 21.3 Å². The predicted octanol–water partition coefficient (Wildman–Crippen LogP) is 4.61. The van der Waals surface area contributed by atoms with E-state index in [0.717, 1.165) is 15.5 Å². The van der Waals surface area contributed by atoms with E-state index in [1.165, 1.54) is 16.7 Å². The summed E-state index contributed by atoms with van der Waals surface area (Å²) in [4.78, 5) is 4.26. The van der Waals surface area contributed by atoms with Crippen molar-refractivity contribution >= 4 is 31.9 Å². The molecule has 0 radical (unpaired) electrons. The number of pyridine rings is 1. The summed E-state index contributed by atoms with van der Waals surface area (Å²) in [6, 6.07) is 8.43. The van der Waals surface area contributed by atoms with Crippen molar-refractivity contribution in [1.29, 1.82) is 0 Å². The molecule has 0 spiro atoms. The van der Waals surface area contributed by atoms with Crippen LogP contribution in [0.1, 0.15) is 29.7 Å². The van der Waals surface area contributed by atoms with E-state index in [-0.39, 0.29) is 6.04 Å². The van der Waals surface area contributed by atoms with Gasteiger partial charge in [0.15, 0.2) is 0 Å². The molecule has 0 aliphatic heterocycles. The van der Waals surface area contributed by atoms with Crippen LogP contribution in [0.2, 0.25) is 0 Å². The molecule has 0 aliphatic carbocycles. The number of halogens is 2. The van der Waals surface area contributed by atoms with Gasteiger partial charge in [-0.25, -0.2) is 0 Å². The lowest BCUT2D eigenvalue weighted by atomic mass is 9.97. The number of aryl methyl sites for hydroxylation is 1. The smallest absolute Gasteiger partial charge is 0.0606 e. The fourth-order valence-corrected chi connectivity index (χ4v) is 2.96. The summed E-state index contributed by atoms with van der Waals surface area (Å²) in [5.74, 6) is 0. The lowest BCUT2D eigenvalue weighted by Crippen LogP contribution is -2.23. The second-order valence-corrected chi connectivity index (χ2v) is 6.16. The summed E-state index contributed by atoms with van der Waals surface area (Å²) in [6.45, 7) is 5.13. The molecule has 0 amide bonds. The second-order valence-electron chi connectivity index (χ2n) is 4.39. The molecule has 1 aromatic heterocycles. The van der Waals surface area contributed by atoms with Gasteiger partial charge in [0.1, 0.15) is 0 Å². The molecule has 0 aliphatic rings. The van der Waals surface area contributed by atoms with Crippen molar-refractivity contribution in [2.75, 3.05) is 6.54 Å². The number of benzene rings is 1. The Morgan fingerprint density at radius 2 is 2.00 bits per heavy atom. The molecule has 2 nitrogen and oxygen atoms in total. The van der Waals surface area contributed by atoms with Crippen LogP contribution >= 0.6 is 31.9 Å². The standard InChI is InChI=1S/C15H16Br2N2/c1-3-19-15(13-9-18-7-6-10(13)2)12-8-11(16)4-5-14(12)17/h4-9,15,19H,3H2,1-2H3. The highest BCUT2D eigenvalue weighted by atomic mass is 79.9. The highest BCUT2D eigenvalue weighted by Crippen LogP contribution is 2.32. The van der Waals surface area contributed by atoms with Crippen molar-refractivity contribution in [2.45, 2.75) is 19.9 Å². The first kappa shape index (κ1) is 14.7. The number of aromatic nitrogens is 1. The van der Waals surface area contributed by atoms with Gasteiger partial charge < -0.3 is 5.32 Å². The van der Waals surface area contributed by atoms with Gasteiger partial charge in [-0.05, 0) is 54.4 Å². The first-order chi connectivity index (χ1) is 9.13. The Labute approximate surface area is 130 Å². The fourth-order valence-electron chi connectivity index (χ4n) is 2.11. The monoisotopic (exact) mass is 382 g/mol. The van der Waals surface area contributed by atoms with Crippen LogP contribution in [-0.2, 0) is 0 Å². The third-order valence-corrected chi connectivity index (χ3v) is 4.28. The molecule has 2 rings (SSSR count).